The van der Waals surface area contributed by atoms with Crippen molar-refractivity contribution in [3.63, 3.8) is 0 Å². The molecule has 0 spiro atoms. The Morgan fingerprint density at radius 1 is 1.13 bits per heavy atom. The molecule has 0 aliphatic carbocycles. The normalized spacial score (nSPS) is 16.0. The van der Waals surface area contributed by atoms with Crippen LogP contribution in [-0.4, -0.2) is 61.3 Å². The lowest BCUT2D eigenvalue weighted by Gasteiger charge is -2.29. The zero-order valence-electron chi connectivity index (χ0n) is 28.9. The van der Waals surface area contributed by atoms with Crippen molar-refractivity contribution in [1.82, 2.24) is 29.6 Å². The molecule has 0 bridgehead atoms. The molecule has 0 saturated carbocycles. The van der Waals surface area contributed by atoms with E-state index in [-0.39, 0.29) is 24.2 Å². The summed E-state index contributed by atoms with van der Waals surface area (Å²) in [5, 5.41) is 20.5. The number of nitrogens with one attached hydrogen (secondary N) is 2. The number of carbonyl (C=O) groups excluding carboxylic acids is 1. The summed E-state index contributed by atoms with van der Waals surface area (Å²) in [6.45, 7) is 7.57. The van der Waals surface area contributed by atoms with Crippen molar-refractivity contribution < 1.29 is 18.7 Å². The van der Waals surface area contributed by atoms with Gasteiger partial charge in [0.15, 0.2) is 0 Å². The minimum Gasteiger partial charge on any atom is -0.473 e. The fraction of sp³-hybridized carbons (Fsp3) is 0.275. The van der Waals surface area contributed by atoms with Gasteiger partial charge in [-0.25, -0.2) is 14.4 Å². The van der Waals surface area contributed by atoms with Crippen LogP contribution < -0.4 is 10.1 Å². The smallest absolute Gasteiger partial charge is 0.255 e. The molecule has 52 heavy (non-hydrogen) atoms. The van der Waals surface area contributed by atoms with Crippen LogP contribution in [0.15, 0.2) is 72.8 Å². The summed E-state index contributed by atoms with van der Waals surface area (Å²) in [7, 11) is 0. The van der Waals surface area contributed by atoms with Crippen LogP contribution in [0.5, 0.6) is 5.88 Å². The quantitative estimate of drug-likeness (QED) is 0.159. The van der Waals surface area contributed by atoms with E-state index < -0.39 is 5.82 Å². The Balaban J connectivity index is 0.969. The molecule has 1 fully saturated rings. The Morgan fingerprint density at radius 3 is 2.79 bits per heavy atom. The summed E-state index contributed by atoms with van der Waals surface area (Å²) in [6.07, 6.45) is 4.08. The maximum atomic E-state index is 14.4. The Kier molecular flexibility index (Phi) is 8.97. The molecule has 1 saturated heterocycles. The number of benzene rings is 3. The largest absolute Gasteiger partial charge is 0.473 e. The van der Waals surface area contributed by atoms with Gasteiger partial charge in [-0.1, -0.05) is 18.2 Å². The van der Waals surface area contributed by atoms with Gasteiger partial charge in [0.05, 0.1) is 53.1 Å². The molecule has 1 amide bonds. The Hall–Kier alpha value is -5.90. The van der Waals surface area contributed by atoms with E-state index in [0.717, 1.165) is 88.5 Å². The molecule has 12 heteroatoms. The van der Waals surface area contributed by atoms with Crippen LogP contribution in [0.3, 0.4) is 0 Å². The number of pyridine rings is 1. The third-order valence-corrected chi connectivity index (χ3v) is 9.84. The van der Waals surface area contributed by atoms with E-state index in [1.807, 2.05) is 62.4 Å². The summed E-state index contributed by atoms with van der Waals surface area (Å²) in [6, 6.07) is 21.5. The zero-order chi connectivity index (χ0) is 35.8. The molecule has 1 atom stereocenters. The van der Waals surface area contributed by atoms with Crippen molar-refractivity contribution in [3.05, 3.63) is 118 Å². The Bertz CT molecular complexity index is 2400. The van der Waals surface area contributed by atoms with Gasteiger partial charge in [0.2, 0.25) is 5.88 Å². The van der Waals surface area contributed by atoms with E-state index in [4.69, 9.17) is 24.7 Å². The number of rotatable bonds is 10. The standard InChI is InChI=1S/C40H37FN8O3/c1-24-16-30(19-32-25(2)46-47-39(24)32)43-40(50)28-8-9-35-36(18-28)49(21-31-12-15-51-31)37(44-35)22-48-13-10-27(11-14-48)34-4-3-5-38(45-34)52-23-29-7-6-26(20-42)17-33(29)41/h3-10,16-19,31H,11-15,21-23H2,1-2H3,(H,43,50)(H,46,47). The fourth-order valence-corrected chi connectivity index (χ4v) is 6.81. The second-order valence-electron chi connectivity index (χ2n) is 13.4. The highest BCUT2D eigenvalue weighted by Crippen LogP contribution is 2.28. The van der Waals surface area contributed by atoms with Gasteiger partial charge in [-0.05, 0) is 86.4 Å². The number of aromatic nitrogens is 5. The van der Waals surface area contributed by atoms with Gasteiger partial charge in [-0.2, -0.15) is 10.4 Å². The molecule has 2 N–H and O–H groups in total. The van der Waals surface area contributed by atoms with Crippen molar-refractivity contribution in [2.45, 2.75) is 52.5 Å². The molecule has 3 aromatic carbocycles. The number of amides is 1. The van der Waals surface area contributed by atoms with Crippen LogP contribution in [0, 0.1) is 31.0 Å². The molecular weight excluding hydrogens is 659 g/mol. The highest BCUT2D eigenvalue weighted by atomic mass is 19.1. The summed E-state index contributed by atoms with van der Waals surface area (Å²) in [5.41, 5.74) is 8.45. The minimum absolute atomic E-state index is 0.0155. The van der Waals surface area contributed by atoms with Crippen LogP contribution in [0.1, 0.15) is 57.1 Å². The fourth-order valence-electron chi connectivity index (χ4n) is 6.81. The number of halogens is 1. The van der Waals surface area contributed by atoms with Crippen molar-refractivity contribution in [2.75, 3.05) is 25.0 Å². The average Bonchev–Trinajstić information content (AvgIpc) is 3.68. The predicted octanol–water partition coefficient (Wildman–Crippen LogP) is 6.84. The molecule has 2 aliphatic rings. The first-order valence-electron chi connectivity index (χ1n) is 17.4. The minimum atomic E-state index is -0.477. The first-order chi connectivity index (χ1) is 25.3. The molecule has 5 heterocycles. The first kappa shape index (κ1) is 33.3. The predicted molar refractivity (Wildman–Crippen MR) is 195 cm³/mol. The molecule has 11 nitrogen and oxygen atoms in total. The lowest BCUT2D eigenvalue weighted by Crippen LogP contribution is -2.33. The van der Waals surface area contributed by atoms with Gasteiger partial charge < -0.3 is 19.4 Å². The van der Waals surface area contributed by atoms with Crippen LogP contribution in [-0.2, 0) is 24.4 Å². The molecule has 6 aromatic rings. The number of ether oxygens (including phenoxy) is 2. The Morgan fingerprint density at radius 2 is 2.02 bits per heavy atom. The number of nitrogens with zero attached hydrogens (tertiary/aromatic N) is 6. The van der Waals surface area contributed by atoms with E-state index in [2.05, 4.69) is 31.1 Å². The van der Waals surface area contributed by atoms with Gasteiger partial charge in [-0.15, -0.1) is 0 Å². The van der Waals surface area contributed by atoms with Crippen LogP contribution >= 0.6 is 0 Å². The van der Waals surface area contributed by atoms with Crippen LogP contribution in [0.2, 0.25) is 0 Å². The van der Waals surface area contributed by atoms with Gasteiger partial charge in [0, 0.05) is 53.7 Å². The SMILES string of the molecule is Cc1[nH]nc2c(C)cc(NC(=O)c3ccc4nc(CN5CC=C(c6cccc(OCc7ccc(C#N)cc7F)n6)CC5)n(CC5CCO5)c4c3)cc12. The molecule has 2 aliphatic heterocycles. The Labute approximate surface area is 299 Å². The second-order valence-corrected chi connectivity index (χ2v) is 13.4. The second kappa shape index (κ2) is 14.0. The third kappa shape index (κ3) is 6.76. The molecule has 262 valence electrons. The summed E-state index contributed by atoms with van der Waals surface area (Å²) >= 11 is 0. The van der Waals surface area contributed by atoms with Crippen LogP contribution in [0.4, 0.5) is 10.1 Å². The van der Waals surface area contributed by atoms with E-state index in [9.17, 15) is 9.18 Å². The van der Waals surface area contributed by atoms with Crippen molar-refractivity contribution in [1.29, 1.82) is 5.26 Å². The topological polar surface area (TPSA) is 134 Å². The summed E-state index contributed by atoms with van der Waals surface area (Å²) < 4.78 is 28.2. The molecule has 8 rings (SSSR count). The summed E-state index contributed by atoms with van der Waals surface area (Å²) in [5.74, 6) is 0.679. The van der Waals surface area contributed by atoms with Gasteiger partial charge in [0.1, 0.15) is 18.2 Å². The highest BCUT2D eigenvalue weighted by Gasteiger charge is 2.24. The number of hydrogen-bond donors (Lipinski definition) is 2. The van der Waals surface area contributed by atoms with Gasteiger partial charge >= 0.3 is 0 Å². The average molecular weight is 697 g/mol. The number of hydrogen-bond acceptors (Lipinski definition) is 8. The van der Waals surface area contributed by atoms with Gasteiger partial charge in [0.25, 0.3) is 5.91 Å². The first-order valence-corrected chi connectivity index (χ1v) is 17.4. The van der Waals surface area contributed by atoms with Crippen molar-refractivity contribution in [2.24, 2.45) is 0 Å². The van der Waals surface area contributed by atoms with Gasteiger partial charge in [-0.3, -0.25) is 14.8 Å². The lowest BCUT2D eigenvalue weighted by atomic mass is 10.0. The number of H-pyrrole nitrogens is 1. The molecular formula is C40H37FN8O3. The number of aromatic amines is 1. The highest BCUT2D eigenvalue weighted by molar-refractivity contribution is 6.07. The molecule has 3 aromatic heterocycles. The van der Waals surface area contributed by atoms with E-state index in [0.29, 0.717) is 30.1 Å². The number of nitriles is 1. The van der Waals surface area contributed by atoms with Crippen molar-refractivity contribution in [3.8, 4) is 11.9 Å². The number of aryl methyl sites for hydroxylation is 2. The number of anilines is 1. The van der Waals surface area contributed by atoms with E-state index in [1.165, 1.54) is 6.07 Å². The molecule has 0 radical (unpaired) electrons. The number of carbonyl (C=O) groups is 1. The lowest BCUT2D eigenvalue weighted by molar-refractivity contribution is -0.0591. The van der Waals surface area contributed by atoms with Crippen LogP contribution in [0.25, 0.3) is 27.5 Å². The van der Waals surface area contributed by atoms with E-state index in [1.54, 1.807) is 18.2 Å². The number of imidazole rings is 1. The monoisotopic (exact) mass is 696 g/mol. The zero-order valence-corrected chi connectivity index (χ0v) is 28.9. The summed E-state index contributed by atoms with van der Waals surface area (Å²) in [4.78, 5) is 25.6. The third-order valence-electron chi connectivity index (χ3n) is 9.84. The van der Waals surface area contributed by atoms with Crippen molar-refractivity contribution >= 4 is 39.1 Å². The number of fused-ring (bicyclic) bond motifs is 2. The molecule has 1 unspecified atom stereocenters. The maximum Gasteiger partial charge on any atom is 0.255 e. The maximum absolute atomic E-state index is 14.4. The van der Waals surface area contributed by atoms with E-state index >= 15 is 0 Å².